The van der Waals surface area contributed by atoms with Crippen molar-refractivity contribution in [1.29, 1.82) is 5.41 Å². The summed E-state index contributed by atoms with van der Waals surface area (Å²) in [5, 5.41) is 9.30. The molecule has 0 atom stereocenters. The summed E-state index contributed by atoms with van der Waals surface area (Å²) in [6.45, 7) is 0.717. The number of unbranched alkanes of at least 4 members (excludes halogenated alkanes) is 1. The van der Waals surface area contributed by atoms with E-state index >= 15 is 0 Å². The number of H-pyrrole nitrogens is 1. The molecule has 0 unspecified atom stereocenters. The van der Waals surface area contributed by atoms with E-state index in [-0.39, 0.29) is 5.49 Å². The van der Waals surface area contributed by atoms with E-state index in [1.807, 2.05) is 28.8 Å². The summed E-state index contributed by atoms with van der Waals surface area (Å²) < 4.78 is 1.91. The van der Waals surface area contributed by atoms with E-state index in [2.05, 4.69) is 20.9 Å². The third-order valence-electron chi connectivity index (χ3n) is 3.26. The molecule has 2 heterocycles. The first-order valence-electron chi connectivity index (χ1n) is 7.04. The Hall–Kier alpha value is -2.23. The van der Waals surface area contributed by atoms with Crippen molar-refractivity contribution >= 4 is 34.5 Å². The maximum absolute atomic E-state index is 7.95. The van der Waals surface area contributed by atoms with Crippen LogP contribution in [0.2, 0.25) is 5.02 Å². The Morgan fingerprint density at radius 2 is 2.22 bits per heavy atom. The lowest BCUT2D eigenvalue weighted by molar-refractivity contribution is 0.653. The topological polar surface area (TPSA) is 70.3 Å². The summed E-state index contributed by atoms with van der Waals surface area (Å²) in [5.41, 5.74) is 1.49. The number of benzene rings is 1. The van der Waals surface area contributed by atoms with Gasteiger partial charge in [-0.05, 0) is 18.6 Å². The Bertz CT molecular complexity index is 938. The number of aromatic nitrogens is 4. The summed E-state index contributed by atoms with van der Waals surface area (Å²) in [6.07, 6.45) is 8.46. The number of fused-ring (bicyclic) bond motifs is 1. The predicted molar refractivity (Wildman–Crippen MR) is 91.4 cm³/mol. The lowest BCUT2D eigenvalue weighted by Crippen LogP contribution is -2.12. The molecule has 0 bridgehead atoms. The van der Waals surface area contributed by atoms with Gasteiger partial charge >= 0.3 is 0 Å². The van der Waals surface area contributed by atoms with Crippen LogP contribution in [-0.2, 0) is 6.54 Å². The van der Waals surface area contributed by atoms with Gasteiger partial charge in [0.05, 0.1) is 11.3 Å². The van der Waals surface area contributed by atoms with Crippen LogP contribution in [0.1, 0.15) is 12.8 Å². The van der Waals surface area contributed by atoms with Crippen LogP contribution in [0.25, 0.3) is 11.2 Å². The number of hydrogen-bond donors (Lipinski definition) is 2. The van der Waals surface area contributed by atoms with Gasteiger partial charge < -0.3 is 9.55 Å². The summed E-state index contributed by atoms with van der Waals surface area (Å²) >= 11 is 7.61. The molecule has 0 amide bonds. The first kappa shape index (κ1) is 15.7. The SMILES string of the molecule is C#CCCCn1cnc(=N)c2[nH]c(Sc3ccccc3Cl)nc21. The molecule has 2 N–H and O–H groups in total. The number of terminal acetylenes is 1. The average molecular weight is 344 g/mol. The van der Waals surface area contributed by atoms with Crippen LogP contribution >= 0.6 is 23.4 Å². The van der Waals surface area contributed by atoms with Gasteiger partial charge in [-0.2, -0.15) is 0 Å². The van der Waals surface area contributed by atoms with Gasteiger partial charge in [-0.1, -0.05) is 35.5 Å². The fourth-order valence-corrected chi connectivity index (χ4v) is 3.21. The monoisotopic (exact) mass is 343 g/mol. The van der Waals surface area contributed by atoms with Crippen LogP contribution < -0.4 is 5.49 Å². The zero-order valence-electron chi connectivity index (χ0n) is 12.2. The van der Waals surface area contributed by atoms with E-state index in [4.69, 9.17) is 23.4 Å². The number of nitrogens with zero attached hydrogens (tertiary/aromatic N) is 3. The first-order chi connectivity index (χ1) is 11.2. The molecule has 7 heteroatoms. The summed E-state index contributed by atoms with van der Waals surface area (Å²) in [7, 11) is 0. The highest BCUT2D eigenvalue weighted by atomic mass is 35.5. The molecule has 0 aliphatic heterocycles. The highest BCUT2D eigenvalue weighted by Crippen LogP contribution is 2.31. The van der Waals surface area contributed by atoms with Crippen molar-refractivity contribution in [1.82, 2.24) is 19.5 Å². The molecule has 0 spiro atoms. The van der Waals surface area contributed by atoms with Gasteiger partial charge in [0.2, 0.25) is 0 Å². The first-order valence-corrected chi connectivity index (χ1v) is 8.24. The van der Waals surface area contributed by atoms with Crippen LogP contribution in [-0.4, -0.2) is 19.5 Å². The maximum Gasteiger partial charge on any atom is 0.173 e. The van der Waals surface area contributed by atoms with Crippen LogP contribution in [0.4, 0.5) is 0 Å². The smallest absolute Gasteiger partial charge is 0.173 e. The molecule has 5 nitrogen and oxygen atoms in total. The summed E-state index contributed by atoms with van der Waals surface area (Å²) in [5.74, 6) is 2.62. The van der Waals surface area contributed by atoms with Crippen molar-refractivity contribution in [3.05, 3.63) is 41.1 Å². The van der Waals surface area contributed by atoms with Crippen molar-refractivity contribution < 1.29 is 0 Å². The minimum atomic E-state index is 0.173. The highest BCUT2D eigenvalue weighted by Gasteiger charge is 2.11. The molecule has 0 radical (unpaired) electrons. The number of nitrogens with one attached hydrogen (secondary N) is 2. The zero-order valence-corrected chi connectivity index (χ0v) is 13.8. The van der Waals surface area contributed by atoms with Gasteiger partial charge in [-0.25, -0.2) is 9.97 Å². The van der Waals surface area contributed by atoms with Crippen LogP contribution in [0.3, 0.4) is 0 Å². The molecule has 23 heavy (non-hydrogen) atoms. The molecule has 0 aliphatic carbocycles. The van der Waals surface area contributed by atoms with Crippen molar-refractivity contribution in [2.45, 2.75) is 29.4 Å². The Morgan fingerprint density at radius 1 is 1.39 bits per heavy atom. The van der Waals surface area contributed by atoms with Gasteiger partial charge in [0.1, 0.15) is 5.52 Å². The lowest BCUT2D eigenvalue weighted by atomic mass is 10.3. The standard InChI is InChI=1S/C16H14ClN5S/c1-2-3-6-9-22-10-19-14(18)13-15(22)21-16(20-13)23-12-8-5-4-7-11(12)17/h1,4-5,7-8,10,18H,3,6,9H2,(H,20,21). The molecule has 2 aromatic heterocycles. The zero-order chi connectivity index (χ0) is 16.2. The van der Waals surface area contributed by atoms with Crippen LogP contribution in [0, 0.1) is 17.8 Å². The van der Waals surface area contributed by atoms with E-state index in [1.54, 1.807) is 6.33 Å². The van der Waals surface area contributed by atoms with E-state index in [0.717, 1.165) is 17.9 Å². The number of imidazole rings is 1. The summed E-state index contributed by atoms with van der Waals surface area (Å²) in [6, 6.07) is 7.58. The fourth-order valence-electron chi connectivity index (χ4n) is 2.16. The van der Waals surface area contributed by atoms with Crippen molar-refractivity contribution in [2.75, 3.05) is 0 Å². The number of rotatable bonds is 5. The molecular formula is C16H14ClN5S. The molecule has 3 rings (SSSR count). The van der Waals surface area contributed by atoms with E-state index < -0.39 is 0 Å². The normalized spacial score (nSPS) is 10.8. The predicted octanol–water partition coefficient (Wildman–Crippen LogP) is 3.46. The molecule has 1 aromatic carbocycles. The second kappa shape index (κ2) is 6.90. The van der Waals surface area contributed by atoms with E-state index in [1.165, 1.54) is 11.8 Å². The Balaban J connectivity index is 1.96. The minimum absolute atomic E-state index is 0.173. The average Bonchev–Trinajstić information content (AvgIpc) is 2.97. The van der Waals surface area contributed by atoms with Crippen molar-refractivity contribution in [3.8, 4) is 12.3 Å². The molecule has 116 valence electrons. The lowest BCUT2D eigenvalue weighted by Gasteiger charge is -2.04. The third kappa shape index (κ3) is 3.41. The Morgan fingerprint density at radius 3 is 3.00 bits per heavy atom. The maximum atomic E-state index is 7.95. The highest BCUT2D eigenvalue weighted by molar-refractivity contribution is 7.99. The Labute approximate surface area is 142 Å². The van der Waals surface area contributed by atoms with Crippen molar-refractivity contribution in [3.63, 3.8) is 0 Å². The van der Waals surface area contributed by atoms with Gasteiger partial charge in [0, 0.05) is 17.9 Å². The number of aromatic amines is 1. The largest absolute Gasteiger partial charge is 0.328 e. The van der Waals surface area contributed by atoms with Gasteiger partial charge in [0.25, 0.3) is 0 Å². The fraction of sp³-hybridized carbons (Fsp3) is 0.188. The van der Waals surface area contributed by atoms with Crippen molar-refractivity contribution in [2.24, 2.45) is 0 Å². The second-order valence-corrected chi connectivity index (χ2v) is 6.31. The van der Waals surface area contributed by atoms with E-state index in [0.29, 0.717) is 27.8 Å². The molecule has 0 saturated carbocycles. The Kier molecular flexibility index (Phi) is 4.70. The summed E-state index contributed by atoms with van der Waals surface area (Å²) in [4.78, 5) is 12.7. The minimum Gasteiger partial charge on any atom is -0.328 e. The molecule has 3 aromatic rings. The third-order valence-corrected chi connectivity index (χ3v) is 4.67. The van der Waals surface area contributed by atoms with Gasteiger partial charge in [-0.15, -0.1) is 12.3 Å². The number of aryl methyl sites for hydroxylation is 1. The van der Waals surface area contributed by atoms with E-state index in [9.17, 15) is 0 Å². The molecule has 0 aliphatic rings. The molecular weight excluding hydrogens is 330 g/mol. The quantitative estimate of drug-likeness (QED) is 0.550. The molecule has 0 fully saturated rings. The second-order valence-electron chi connectivity index (χ2n) is 4.87. The van der Waals surface area contributed by atoms with Gasteiger partial charge in [0.15, 0.2) is 16.3 Å². The number of halogens is 1. The molecule has 0 saturated heterocycles. The van der Waals surface area contributed by atoms with Gasteiger partial charge in [-0.3, -0.25) is 5.41 Å². The van der Waals surface area contributed by atoms with Crippen LogP contribution in [0.5, 0.6) is 0 Å². The number of hydrogen-bond acceptors (Lipinski definition) is 4. The van der Waals surface area contributed by atoms with Crippen LogP contribution in [0.15, 0.2) is 40.6 Å².